The lowest BCUT2D eigenvalue weighted by Crippen LogP contribution is -2.16. The number of aromatic nitrogens is 1. The van der Waals surface area contributed by atoms with Gasteiger partial charge in [-0.05, 0) is 48.7 Å². The number of para-hydroxylation sites is 1. The number of benzene rings is 2. The fourth-order valence-electron chi connectivity index (χ4n) is 2.97. The fourth-order valence-corrected chi connectivity index (χ4v) is 3.73. The van der Waals surface area contributed by atoms with Crippen LogP contribution in [0.15, 0.2) is 47.5 Å². The molecule has 3 aromatic rings. The summed E-state index contributed by atoms with van der Waals surface area (Å²) in [7, 11) is 1.60. The number of pyridine rings is 1. The van der Waals surface area contributed by atoms with Crippen LogP contribution < -0.4 is 10.1 Å². The molecule has 1 amide bonds. The quantitative estimate of drug-likeness (QED) is 0.616. The van der Waals surface area contributed by atoms with Crippen LogP contribution in [0.1, 0.15) is 23.6 Å². The minimum atomic E-state index is -0.116. The predicted octanol–water partition coefficient (Wildman–Crippen LogP) is 4.72. The van der Waals surface area contributed by atoms with Crippen molar-refractivity contribution in [2.45, 2.75) is 25.3 Å². The molecule has 1 aromatic heterocycles. The van der Waals surface area contributed by atoms with Gasteiger partial charge in [0.25, 0.3) is 0 Å². The van der Waals surface area contributed by atoms with Crippen molar-refractivity contribution < 1.29 is 9.53 Å². The third kappa shape index (κ3) is 4.26. The zero-order valence-electron chi connectivity index (χ0n) is 16.1. The van der Waals surface area contributed by atoms with Gasteiger partial charge in [0.15, 0.2) is 0 Å². The van der Waals surface area contributed by atoms with Crippen LogP contribution in [0.25, 0.3) is 10.9 Å². The van der Waals surface area contributed by atoms with Crippen molar-refractivity contribution in [1.82, 2.24) is 4.98 Å². The molecule has 0 saturated heterocycles. The largest absolute Gasteiger partial charge is 0.497 e. The molecule has 0 saturated carbocycles. The molecule has 28 heavy (non-hydrogen) atoms. The summed E-state index contributed by atoms with van der Waals surface area (Å²) in [5, 5.41) is 13.9. The van der Waals surface area contributed by atoms with Crippen molar-refractivity contribution in [3.8, 4) is 11.8 Å². The van der Waals surface area contributed by atoms with Crippen molar-refractivity contribution in [1.29, 1.82) is 5.26 Å². The molecule has 0 aliphatic heterocycles. The van der Waals surface area contributed by atoms with Crippen LogP contribution in [-0.4, -0.2) is 23.8 Å². The summed E-state index contributed by atoms with van der Waals surface area (Å²) < 4.78 is 5.22. The molecule has 0 unspecified atom stereocenters. The number of rotatable bonds is 6. The Kier molecular flexibility index (Phi) is 6.17. The number of anilines is 1. The van der Waals surface area contributed by atoms with E-state index in [1.165, 1.54) is 11.8 Å². The number of carbonyl (C=O) groups is 1. The Bertz CT molecular complexity index is 1070. The molecule has 1 heterocycles. The van der Waals surface area contributed by atoms with E-state index >= 15 is 0 Å². The summed E-state index contributed by atoms with van der Waals surface area (Å²) in [4.78, 5) is 17.1. The van der Waals surface area contributed by atoms with E-state index in [2.05, 4.69) is 23.3 Å². The lowest BCUT2D eigenvalue weighted by atomic mass is 10.1. The minimum absolute atomic E-state index is 0.116. The van der Waals surface area contributed by atoms with E-state index < -0.39 is 0 Å². The maximum Gasteiger partial charge on any atom is 0.234 e. The van der Waals surface area contributed by atoms with E-state index in [1.807, 2.05) is 43.3 Å². The maximum absolute atomic E-state index is 12.5. The molecule has 0 fully saturated rings. The summed E-state index contributed by atoms with van der Waals surface area (Å²) in [6, 6.07) is 15.5. The topological polar surface area (TPSA) is 75.0 Å². The van der Waals surface area contributed by atoms with E-state index in [0.29, 0.717) is 16.3 Å². The smallest absolute Gasteiger partial charge is 0.234 e. The van der Waals surface area contributed by atoms with Crippen molar-refractivity contribution in [2.24, 2.45) is 0 Å². The number of carbonyl (C=O) groups excluding carboxylic acids is 1. The Morgan fingerprint density at radius 2 is 2.11 bits per heavy atom. The average Bonchev–Trinajstić information content (AvgIpc) is 2.72. The van der Waals surface area contributed by atoms with Gasteiger partial charge in [0.05, 0.1) is 23.9 Å². The highest BCUT2D eigenvalue weighted by molar-refractivity contribution is 8.00. The average molecular weight is 391 g/mol. The zero-order chi connectivity index (χ0) is 20.1. The number of ether oxygens (including phenoxy) is 1. The number of methoxy groups -OCH3 is 1. The molecule has 142 valence electrons. The number of aryl methyl sites for hydroxylation is 2. The van der Waals surface area contributed by atoms with Gasteiger partial charge in [-0.2, -0.15) is 5.26 Å². The van der Waals surface area contributed by atoms with Gasteiger partial charge in [0, 0.05) is 11.1 Å². The number of hydrogen-bond acceptors (Lipinski definition) is 5. The third-order valence-corrected chi connectivity index (χ3v) is 5.44. The highest BCUT2D eigenvalue weighted by Gasteiger charge is 2.13. The molecule has 3 rings (SSSR count). The van der Waals surface area contributed by atoms with Crippen LogP contribution >= 0.6 is 11.8 Å². The second kappa shape index (κ2) is 8.77. The highest BCUT2D eigenvalue weighted by Crippen LogP contribution is 2.27. The predicted molar refractivity (Wildman–Crippen MR) is 113 cm³/mol. The lowest BCUT2D eigenvalue weighted by Gasteiger charge is -2.13. The van der Waals surface area contributed by atoms with Gasteiger partial charge < -0.3 is 10.1 Å². The summed E-state index contributed by atoms with van der Waals surface area (Å²) in [5.74, 6) is 0.776. The van der Waals surface area contributed by atoms with E-state index in [1.54, 1.807) is 13.2 Å². The van der Waals surface area contributed by atoms with Crippen molar-refractivity contribution in [3.63, 3.8) is 0 Å². The van der Waals surface area contributed by atoms with Gasteiger partial charge in [-0.1, -0.05) is 36.9 Å². The van der Waals surface area contributed by atoms with Gasteiger partial charge in [-0.3, -0.25) is 4.79 Å². The highest BCUT2D eigenvalue weighted by atomic mass is 32.2. The van der Waals surface area contributed by atoms with E-state index in [4.69, 9.17) is 4.74 Å². The van der Waals surface area contributed by atoms with Crippen LogP contribution in [0.3, 0.4) is 0 Å². The normalized spacial score (nSPS) is 10.5. The third-order valence-electron chi connectivity index (χ3n) is 4.45. The Hall–Kier alpha value is -3.04. The molecule has 0 bridgehead atoms. The number of hydrogen-bond donors (Lipinski definition) is 1. The Balaban J connectivity index is 1.78. The number of nitrogens with one attached hydrogen (secondary N) is 1. The first-order valence-corrected chi connectivity index (χ1v) is 9.94. The summed E-state index contributed by atoms with van der Waals surface area (Å²) in [5.41, 5.74) is 4.22. The lowest BCUT2D eigenvalue weighted by molar-refractivity contribution is -0.113. The van der Waals surface area contributed by atoms with Crippen molar-refractivity contribution in [2.75, 3.05) is 18.2 Å². The monoisotopic (exact) mass is 391 g/mol. The van der Waals surface area contributed by atoms with Gasteiger partial charge in [0.1, 0.15) is 16.8 Å². The van der Waals surface area contributed by atoms with Gasteiger partial charge in [0.2, 0.25) is 5.91 Å². The van der Waals surface area contributed by atoms with Crippen LogP contribution in [0.5, 0.6) is 5.75 Å². The number of fused-ring (bicyclic) bond motifs is 1. The second-order valence-corrected chi connectivity index (χ2v) is 7.28. The van der Waals surface area contributed by atoms with Gasteiger partial charge in [-0.15, -0.1) is 0 Å². The van der Waals surface area contributed by atoms with Gasteiger partial charge in [-0.25, -0.2) is 4.98 Å². The van der Waals surface area contributed by atoms with E-state index in [0.717, 1.165) is 34.1 Å². The first-order chi connectivity index (χ1) is 13.5. The van der Waals surface area contributed by atoms with Crippen LogP contribution in [-0.2, 0) is 11.2 Å². The fraction of sp³-hybridized carbons (Fsp3) is 0.227. The van der Waals surface area contributed by atoms with Crippen LogP contribution in [0, 0.1) is 18.3 Å². The van der Waals surface area contributed by atoms with E-state index in [9.17, 15) is 10.1 Å². The summed E-state index contributed by atoms with van der Waals surface area (Å²) in [6.07, 6.45) is 0.846. The molecular formula is C22H21N3O2S. The zero-order valence-corrected chi connectivity index (χ0v) is 16.9. The Labute approximate surface area is 168 Å². The molecule has 5 nitrogen and oxygen atoms in total. The molecule has 2 aromatic carbocycles. The molecular weight excluding hydrogens is 370 g/mol. The molecule has 6 heteroatoms. The molecule has 0 spiro atoms. The molecule has 0 aliphatic rings. The van der Waals surface area contributed by atoms with Gasteiger partial charge >= 0.3 is 0 Å². The molecule has 0 aliphatic carbocycles. The molecule has 1 N–H and O–H groups in total. The number of thioether (sulfide) groups is 1. The first-order valence-electron chi connectivity index (χ1n) is 8.95. The van der Waals surface area contributed by atoms with E-state index in [-0.39, 0.29) is 11.7 Å². The van der Waals surface area contributed by atoms with Crippen molar-refractivity contribution >= 4 is 34.3 Å². The Morgan fingerprint density at radius 3 is 2.82 bits per heavy atom. The number of nitrogens with zero attached hydrogens (tertiary/aromatic N) is 2. The molecule has 0 atom stereocenters. The summed E-state index contributed by atoms with van der Waals surface area (Å²) in [6.45, 7) is 4.04. The molecule has 0 radical (unpaired) electrons. The minimum Gasteiger partial charge on any atom is -0.497 e. The van der Waals surface area contributed by atoms with Crippen LogP contribution in [0.4, 0.5) is 5.69 Å². The Morgan fingerprint density at radius 1 is 1.29 bits per heavy atom. The second-order valence-electron chi connectivity index (χ2n) is 6.31. The number of amides is 1. The maximum atomic E-state index is 12.5. The SMILES string of the molecule is CCc1cccc(C)c1NC(=O)CSc1nc2ccc(OC)cc2cc1C#N. The first kappa shape index (κ1) is 19.7. The van der Waals surface area contributed by atoms with Crippen LogP contribution in [0.2, 0.25) is 0 Å². The standard InChI is InChI=1S/C22H21N3O2S/c1-4-15-7-5-6-14(2)21(15)25-20(26)13-28-22-17(12-23)10-16-11-18(27-3)8-9-19(16)24-22/h5-11H,4,13H2,1-3H3,(H,25,26). The summed E-state index contributed by atoms with van der Waals surface area (Å²) >= 11 is 1.27. The number of nitriles is 1. The van der Waals surface area contributed by atoms with Crippen molar-refractivity contribution in [3.05, 3.63) is 59.2 Å².